The molecule has 19 heavy (non-hydrogen) atoms. The molecule has 1 amide bonds. The molecular formula is C13H18N2O3S. The molecule has 0 aliphatic carbocycles. The average molecular weight is 282 g/mol. The van der Waals surface area contributed by atoms with E-state index in [1.807, 2.05) is 0 Å². The summed E-state index contributed by atoms with van der Waals surface area (Å²) in [6.45, 7) is 3.29. The van der Waals surface area contributed by atoms with Gasteiger partial charge in [-0.25, -0.2) is 4.79 Å². The Kier molecular flexibility index (Phi) is 4.90. The fraction of sp³-hybridized carbons (Fsp3) is 0.615. The van der Waals surface area contributed by atoms with E-state index in [2.05, 4.69) is 4.37 Å². The average Bonchev–Trinajstić information content (AvgIpc) is 2.71. The summed E-state index contributed by atoms with van der Waals surface area (Å²) in [5.74, 6) is -0.185. The molecule has 6 heteroatoms. The van der Waals surface area contributed by atoms with Gasteiger partial charge >= 0.3 is 5.97 Å². The van der Waals surface area contributed by atoms with Gasteiger partial charge in [0.15, 0.2) is 0 Å². The Hall–Kier alpha value is -1.43. The highest BCUT2D eigenvalue weighted by atomic mass is 32.1. The molecule has 0 aromatic carbocycles. The third-order valence-electron chi connectivity index (χ3n) is 3.24. The van der Waals surface area contributed by atoms with Crippen molar-refractivity contribution in [3.8, 4) is 0 Å². The first-order chi connectivity index (χ1) is 9.18. The molecule has 1 aliphatic heterocycles. The van der Waals surface area contributed by atoms with Crippen molar-refractivity contribution in [3.05, 3.63) is 16.6 Å². The van der Waals surface area contributed by atoms with Gasteiger partial charge in [0.25, 0.3) is 0 Å². The normalized spacial score (nSPS) is 16.3. The number of carbonyl (C=O) groups excluding carboxylic acids is 2. The molecule has 1 saturated heterocycles. The fourth-order valence-corrected chi connectivity index (χ4v) is 2.77. The van der Waals surface area contributed by atoms with Crippen molar-refractivity contribution in [2.45, 2.75) is 32.6 Å². The second kappa shape index (κ2) is 6.65. The molecule has 1 aliphatic rings. The van der Waals surface area contributed by atoms with Gasteiger partial charge in [-0.05, 0) is 31.3 Å². The van der Waals surface area contributed by atoms with Crippen LogP contribution in [0.15, 0.2) is 5.38 Å². The van der Waals surface area contributed by atoms with Gasteiger partial charge in [0.05, 0.1) is 17.8 Å². The van der Waals surface area contributed by atoms with Crippen LogP contribution in [0, 0.1) is 6.92 Å². The quantitative estimate of drug-likeness (QED) is 0.793. The Morgan fingerprint density at radius 1 is 1.47 bits per heavy atom. The SMILES string of the molecule is Cc1nscc1C(=O)OCCN1CCCCCC1=O. The number of esters is 1. The summed E-state index contributed by atoms with van der Waals surface area (Å²) in [7, 11) is 0. The highest BCUT2D eigenvalue weighted by molar-refractivity contribution is 7.03. The Morgan fingerprint density at radius 2 is 2.32 bits per heavy atom. The topological polar surface area (TPSA) is 59.5 Å². The maximum absolute atomic E-state index is 11.8. The summed E-state index contributed by atoms with van der Waals surface area (Å²) in [5.41, 5.74) is 1.22. The second-order valence-corrected chi connectivity index (χ2v) is 5.27. The van der Waals surface area contributed by atoms with Gasteiger partial charge in [-0.3, -0.25) is 4.79 Å². The summed E-state index contributed by atoms with van der Waals surface area (Å²) < 4.78 is 9.23. The zero-order chi connectivity index (χ0) is 13.7. The van der Waals surface area contributed by atoms with Gasteiger partial charge in [0.2, 0.25) is 5.91 Å². The Bertz CT molecular complexity index is 458. The molecule has 1 fully saturated rings. The van der Waals surface area contributed by atoms with Gasteiger partial charge in [-0.15, -0.1) is 0 Å². The maximum Gasteiger partial charge on any atom is 0.340 e. The third-order valence-corrected chi connectivity index (χ3v) is 3.96. The number of carbonyl (C=O) groups is 2. The first-order valence-electron chi connectivity index (χ1n) is 6.54. The summed E-state index contributed by atoms with van der Waals surface area (Å²) in [6.07, 6.45) is 3.71. The molecule has 5 nitrogen and oxygen atoms in total. The Balaban J connectivity index is 1.78. The standard InChI is InChI=1S/C13H18N2O3S/c1-10-11(9-19-14-10)13(17)18-8-7-15-6-4-2-3-5-12(15)16/h9H,2-8H2,1H3. The van der Waals surface area contributed by atoms with E-state index < -0.39 is 0 Å². The van der Waals surface area contributed by atoms with E-state index in [0.717, 1.165) is 25.8 Å². The molecule has 0 spiro atoms. The first kappa shape index (κ1) is 14.0. The van der Waals surface area contributed by atoms with Gasteiger partial charge in [-0.2, -0.15) is 4.37 Å². The predicted molar refractivity (Wildman–Crippen MR) is 72.2 cm³/mol. The number of aromatic nitrogens is 1. The zero-order valence-corrected chi connectivity index (χ0v) is 11.9. The molecule has 1 aromatic heterocycles. The van der Waals surface area contributed by atoms with E-state index >= 15 is 0 Å². The van der Waals surface area contributed by atoms with Gasteiger partial charge in [-0.1, -0.05) is 6.42 Å². The molecule has 2 heterocycles. The lowest BCUT2D eigenvalue weighted by Crippen LogP contribution is -2.33. The van der Waals surface area contributed by atoms with Gasteiger partial charge in [0, 0.05) is 18.3 Å². The van der Waals surface area contributed by atoms with E-state index in [9.17, 15) is 9.59 Å². The van der Waals surface area contributed by atoms with Gasteiger partial charge in [0.1, 0.15) is 6.61 Å². The van der Waals surface area contributed by atoms with E-state index in [-0.39, 0.29) is 18.5 Å². The molecule has 0 radical (unpaired) electrons. The molecule has 0 saturated carbocycles. The Morgan fingerprint density at radius 3 is 3.05 bits per heavy atom. The number of ether oxygens (including phenoxy) is 1. The van der Waals surface area contributed by atoms with Crippen LogP contribution >= 0.6 is 11.5 Å². The zero-order valence-electron chi connectivity index (χ0n) is 11.1. The molecular weight excluding hydrogens is 264 g/mol. The summed E-state index contributed by atoms with van der Waals surface area (Å²) >= 11 is 1.24. The molecule has 1 aromatic rings. The third kappa shape index (κ3) is 3.76. The minimum absolute atomic E-state index is 0.168. The maximum atomic E-state index is 11.8. The number of rotatable bonds is 4. The minimum Gasteiger partial charge on any atom is -0.460 e. The second-order valence-electron chi connectivity index (χ2n) is 4.64. The van der Waals surface area contributed by atoms with E-state index in [0.29, 0.717) is 24.2 Å². The molecule has 0 atom stereocenters. The van der Waals surface area contributed by atoms with Crippen molar-refractivity contribution >= 4 is 23.4 Å². The summed E-state index contributed by atoms with van der Waals surface area (Å²) in [6, 6.07) is 0. The largest absolute Gasteiger partial charge is 0.460 e. The number of nitrogens with zero attached hydrogens (tertiary/aromatic N) is 2. The van der Waals surface area contributed by atoms with Gasteiger partial charge < -0.3 is 9.64 Å². The lowest BCUT2D eigenvalue weighted by molar-refractivity contribution is -0.131. The van der Waals surface area contributed by atoms with Crippen LogP contribution < -0.4 is 0 Å². The highest BCUT2D eigenvalue weighted by Crippen LogP contribution is 2.12. The minimum atomic E-state index is -0.353. The first-order valence-corrected chi connectivity index (χ1v) is 7.38. The molecule has 0 N–H and O–H groups in total. The number of hydrogen-bond donors (Lipinski definition) is 0. The van der Waals surface area contributed by atoms with E-state index in [1.54, 1.807) is 17.2 Å². The van der Waals surface area contributed by atoms with Crippen LogP contribution in [0.5, 0.6) is 0 Å². The van der Waals surface area contributed by atoms with E-state index in [4.69, 9.17) is 4.74 Å². The van der Waals surface area contributed by atoms with Crippen molar-refractivity contribution in [2.75, 3.05) is 19.7 Å². The van der Waals surface area contributed by atoms with E-state index in [1.165, 1.54) is 11.5 Å². The predicted octanol–water partition coefficient (Wildman–Crippen LogP) is 2.01. The van der Waals surface area contributed by atoms with Crippen molar-refractivity contribution in [3.63, 3.8) is 0 Å². The number of likely N-dealkylation sites (tertiary alicyclic amines) is 1. The van der Waals surface area contributed by atoms with Crippen LogP contribution in [0.25, 0.3) is 0 Å². The summed E-state index contributed by atoms with van der Waals surface area (Å²) in [5, 5.41) is 1.69. The molecule has 0 bridgehead atoms. The van der Waals surface area contributed by atoms with Crippen molar-refractivity contribution in [2.24, 2.45) is 0 Å². The smallest absolute Gasteiger partial charge is 0.340 e. The lowest BCUT2D eigenvalue weighted by atomic mass is 10.2. The van der Waals surface area contributed by atoms with Crippen molar-refractivity contribution < 1.29 is 14.3 Å². The van der Waals surface area contributed by atoms with Crippen LogP contribution in [-0.2, 0) is 9.53 Å². The molecule has 0 unspecified atom stereocenters. The van der Waals surface area contributed by atoms with Crippen molar-refractivity contribution in [1.82, 2.24) is 9.27 Å². The number of amides is 1. The number of aryl methyl sites for hydroxylation is 1. The van der Waals surface area contributed by atoms with Crippen LogP contribution in [0.1, 0.15) is 41.7 Å². The summed E-state index contributed by atoms with van der Waals surface area (Å²) in [4.78, 5) is 25.3. The molecule has 104 valence electrons. The fourth-order valence-electron chi connectivity index (χ4n) is 2.09. The van der Waals surface area contributed by atoms with Crippen LogP contribution in [0.4, 0.5) is 0 Å². The molecule has 2 rings (SSSR count). The lowest BCUT2D eigenvalue weighted by Gasteiger charge is -2.20. The van der Waals surface area contributed by atoms with Crippen LogP contribution in [-0.4, -0.2) is 40.8 Å². The highest BCUT2D eigenvalue weighted by Gasteiger charge is 2.17. The monoisotopic (exact) mass is 282 g/mol. The van der Waals surface area contributed by atoms with Crippen molar-refractivity contribution in [1.29, 1.82) is 0 Å². The van der Waals surface area contributed by atoms with Crippen LogP contribution in [0.2, 0.25) is 0 Å². The van der Waals surface area contributed by atoms with Crippen LogP contribution in [0.3, 0.4) is 0 Å². The Labute approximate surface area is 116 Å². The number of hydrogen-bond acceptors (Lipinski definition) is 5.